The number of hydrogen-bond acceptors (Lipinski definition) is 4. The number of nitrogens with zero attached hydrogens (tertiary/aromatic N) is 2. The number of rotatable bonds is 4. The standard InChI is InChI=1S/C26H24N2O2S/c1-17(29)18-7-5-8-19(12-18)23-14-21-15-28(11-10-24(21)27(2)26(23)30)16-22-13-20-6-3-4-9-25(20)31-22/h3-9,12-14H,10-11,15-16H2,1-2H3. The lowest BCUT2D eigenvalue weighted by Crippen LogP contribution is -2.35. The maximum absolute atomic E-state index is 13.1. The first-order valence-corrected chi connectivity index (χ1v) is 11.3. The Morgan fingerprint density at radius 1 is 1.06 bits per heavy atom. The van der Waals surface area contributed by atoms with Crippen LogP contribution in [0.3, 0.4) is 0 Å². The van der Waals surface area contributed by atoms with E-state index in [1.54, 1.807) is 17.6 Å². The molecule has 4 nitrogen and oxygen atoms in total. The van der Waals surface area contributed by atoms with Gasteiger partial charge in [-0.25, -0.2) is 0 Å². The van der Waals surface area contributed by atoms with Gasteiger partial charge in [0, 0.05) is 59.5 Å². The van der Waals surface area contributed by atoms with Crippen LogP contribution in [-0.2, 0) is 26.6 Å². The second-order valence-electron chi connectivity index (χ2n) is 8.24. The fraction of sp³-hybridized carbons (Fsp3) is 0.231. The SMILES string of the molecule is CC(=O)c1cccc(-c2cc3c(n(C)c2=O)CCN(Cc2cc4ccccc4s2)C3)c1. The van der Waals surface area contributed by atoms with Crippen LogP contribution in [0.2, 0.25) is 0 Å². The highest BCUT2D eigenvalue weighted by atomic mass is 32.1. The average Bonchev–Trinajstić information content (AvgIpc) is 3.18. The van der Waals surface area contributed by atoms with Crippen molar-refractivity contribution in [3.05, 3.63) is 92.7 Å². The number of carbonyl (C=O) groups excluding carboxylic acids is 1. The first-order chi connectivity index (χ1) is 15.0. The summed E-state index contributed by atoms with van der Waals surface area (Å²) >= 11 is 1.85. The number of thiophene rings is 1. The fourth-order valence-electron chi connectivity index (χ4n) is 4.47. The van der Waals surface area contributed by atoms with Gasteiger partial charge in [0.15, 0.2) is 5.78 Å². The zero-order chi connectivity index (χ0) is 21.5. The molecular weight excluding hydrogens is 404 g/mol. The quantitative estimate of drug-likeness (QED) is 0.428. The van der Waals surface area contributed by atoms with E-state index in [4.69, 9.17) is 0 Å². The van der Waals surface area contributed by atoms with Crippen molar-refractivity contribution < 1.29 is 4.79 Å². The minimum atomic E-state index is -0.00240. The maximum atomic E-state index is 13.1. The Kier molecular flexibility index (Phi) is 5.08. The number of pyridine rings is 1. The summed E-state index contributed by atoms with van der Waals surface area (Å²) in [5, 5.41) is 1.30. The van der Waals surface area contributed by atoms with E-state index in [9.17, 15) is 9.59 Å². The fourth-order valence-corrected chi connectivity index (χ4v) is 5.58. The largest absolute Gasteiger partial charge is 0.315 e. The monoisotopic (exact) mass is 428 g/mol. The van der Waals surface area contributed by atoms with Crippen LogP contribution in [-0.4, -0.2) is 21.8 Å². The predicted octanol–water partition coefficient (Wildman–Crippen LogP) is 5.03. The van der Waals surface area contributed by atoms with Crippen LogP contribution in [0.4, 0.5) is 0 Å². The van der Waals surface area contributed by atoms with Crippen molar-refractivity contribution >= 4 is 27.2 Å². The van der Waals surface area contributed by atoms with Gasteiger partial charge < -0.3 is 4.57 Å². The number of Topliss-reactive ketones (excluding diaryl/α,β-unsaturated/α-hetero) is 1. The third kappa shape index (κ3) is 3.75. The molecule has 2 aromatic heterocycles. The molecule has 0 radical (unpaired) electrons. The second kappa shape index (κ2) is 7.91. The van der Waals surface area contributed by atoms with Gasteiger partial charge in [0.05, 0.1) is 0 Å². The first-order valence-electron chi connectivity index (χ1n) is 10.5. The van der Waals surface area contributed by atoms with Gasteiger partial charge in [0.25, 0.3) is 5.56 Å². The average molecular weight is 429 g/mol. The van der Waals surface area contributed by atoms with Crippen molar-refractivity contribution in [3.8, 4) is 11.1 Å². The molecule has 0 amide bonds. The third-order valence-electron chi connectivity index (χ3n) is 6.12. The number of hydrogen-bond donors (Lipinski definition) is 0. The van der Waals surface area contributed by atoms with Crippen LogP contribution >= 0.6 is 11.3 Å². The topological polar surface area (TPSA) is 42.3 Å². The minimum Gasteiger partial charge on any atom is -0.315 e. The number of fused-ring (bicyclic) bond motifs is 2. The molecule has 4 aromatic rings. The highest BCUT2D eigenvalue weighted by Gasteiger charge is 2.22. The molecule has 0 fully saturated rings. The molecule has 0 saturated heterocycles. The zero-order valence-electron chi connectivity index (χ0n) is 17.7. The Morgan fingerprint density at radius 2 is 1.90 bits per heavy atom. The molecule has 1 aliphatic rings. The molecule has 5 heteroatoms. The van der Waals surface area contributed by atoms with Gasteiger partial charge in [-0.05, 0) is 47.7 Å². The molecule has 1 aliphatic heterocycles. The van der Waals surface area contributed by atoms with Crippen LogP contribution in [0.15, 0.2) is 65.5 Å². The summed E-state index contributed by atoms with van der Waals surface area (Å²) in [5.41, 5.74) is 4.40. The third-order valence-corrected chi connectivity index (χ3v) is 7.22. The summed E-state index contributed by atoms with van der Waals surface area (Å²) in [7, 11) is 1.86. The van der Waals surface area contributed by atoms with Gasteiger partial charge in [-0.2, -0.15) is 0 Å². The van der Waals surface area contributed by atoms with Gasteiger partial charge in [0.1, 0.15) is 0 Å². The van der Waals surface area contributed by atoms with Gasteiger partial charge in [-0.3, -0.25) is 14.5 Å². The molecule has 0 bridgehead atoms. The van der Waals surface area contributed by atoms with E-state index in [2.05, 4.69) is 35.2 Å². The highest BCUT2D eigenvalue weighted by molar-refractivity contribution is 7.19. The van der Waals surface area contributed by atoms with Crippen molar-refractivity contribution in [1.82, 2.24) is 9.47 Å². The lowest BCUT2D eigenvalue weighted by molar-refractivity contribution is 0.101. The Bertz CT molecular complexity index is 1330. The van der Waals surface area contributed by atoms with Crippen molar-refractivity contribution in [2.24, 2.45) is 7.05 Å². The van der Waals surface area contributed by atoms with Crippen molar-refractivity contribution in [2.45, 2.75) is 26.4 Å². The molecule has 0 spiro atoms. The van der Waals surface area contributed by atoms with Crippen LogP contribution < -0.4 is 5.56 Å². The summed E-state index contributed by atoms with van der Waals surface area (Å²) in [6.45, 7) is 4.22. The molecule has 5 rings (SSSR count). The Hall–Kier alpha value is -3.02. The van der Waals surface area contributed by atoms with E-state index in [-0.39, 0.29) is 11.3 Å². The van der Waals surface area contributed by atoms with Gasteiger partial charge in [-0.15, -0.1) is 11.3 Å². The molecule has 2 aromatic carbocycles. The van der Waals surface area contributed by atoms with Crippen molar-refractivity contribution in [2.75, 3.05) is 6.54 Å². The normalized spacial score (nSPS) is 14.0. The number of aromatic nitrogens is 1. The van der Waals surface area contributed by atoms with Gasteiger partial charge in [0.2, 0.25) is 0 Å². The molecule has 31 heavy (non-hydrogen) atoms. The van der Waals surface area contributed by atoms with Crippen LogP contribution in [0.1, 0.15) is 33.4 Å². The molecular formula is C26H24N2O2S. The molecule has 0 unspecified atom stereocenters. The van der Waals surface area contributed by atoms with E-state index < -0.39 is 0 Å². The molecule has 0 N–H and O–H groups in total. The van der Waals surface area contributed by atoms with E-state index in [1.807, 2.05) is 42.6 Å². The Balaban J connectivity index is 1.47. The minimum absolute atomic E-state index is 0.00240. The predicted molar refractivity (Wildman–Crippen MR) is 127 cm³/mol. The highest BCUT2D eigenvalue weighted by Crippen LogP contribution is 2.29. The van der Waals surface area contributed by atoms with Crippen LogP contribution in [0, 0.1) is 0 Å². The Morgan fingerprint density at radius 3 is 2.71 bits per heavy atom. The van der Waals surface area contributed by atoms with Crippen LogP contribution in [0.25, 0.3) is 21.2 Å². The summed E-state index contributed by atoms with van der Waals surface area (Å²) < 4.78 is 3.12. The summed E-state index contributed by atoms with van der Waals surface area (Å²) in [6, 6.07) is 20.2. The molecule has 0 atom stereocenters. The lowest BCUT2D eigenvalue weighted by Gasteiger charge is -2.30. The van der Waals surface area contributed by atoms with Crippen LogP contribution in [0.5, 0.6) is 0 Å². The zero-order valence-corrected chi connectivity index (χ0v) is 18.5. The van der Waals surface area contributed by atoms with E-state index in [0.29, 0.717) is 11.1 Å². The lowest BCUT2D eigenvalue weighted by atomic mass is 9.97. The Labute approximate surface area is 185 Å². The number of ketones is 1. The van der Waals surface area contributed by atoms with E-state index in [0.717, 1.165) is 37.3 Å². The number of carbonyl (C=O) groups is 1. The van der Waals surface area contributed by atoms with E-state index in [1.165, 1.54) is 20.5 Å². The van der Waals surface area contributed by atoms with Gasteiger partial charge >= 0.3 is 0 Å². The first kappa shape index (κ1) is 19.9. The summed E-state index contributed by atoms with van der Waals surface area (Å²) in [5.74, 6) is 0.00569. The molecule has 0 aliphatic carbocycles. The van der Waals surface area contributed by atoms with Crippen molar-refractivity contribution in [1.29, 1.82) is 0 Å². The second-order valence-corrected chi connectivity index (χ2v) is 9.41. The smallest absolute Gasteiger partial charge is 0.258 e. The van der Waals surface area contributed by atoms with Crippen molar-refractivity contribution in [3.63, 3.8) is 0 Å². The molecule has 156 valence electrons. The van der Waals surface area contributed by atoms with E-state index >= 15 is 0 Å². The molecule has 0 saturated carbocycles. The molecule has 3 heterocycles. The van der Waals surface area contributed by atoms with Gasteiger partial charge in [-0.1, -0.05) is 36.4 Å². The number of benzene rings is 2. The maximum Gasteiger partial charge on any atom is 0.258 e. The summed E-state index contributed by atoms with van der Waals surface area (Å²) in [6.07, 6.45) is 0.861. The summed E-state index contributed by atoms with van der Waals surface area (Å²) in [4.78, 5) is 28.7.